The van der Waals surface area contributed by atoms with E-state index in [9.17, 15) is 19.7 Å². The molecule has 8 nitrogen and oxygen atoms in total. The van der Waals surface area contributed by atoms with Crippen molar-refractivity contribution in [3.05, 3.63) is 69.8 Å². The van der Waals surface area contributed by atoms with Crippen molar-refractivity contribution in [1.82, 2.24) is 10.2 Å². The zero-order valence-corrected chi connectivity index (χ0v) is 18.9. The molecule has 0 aromatic heterocycles. The first kappa shape index (κ1) is 24.8. The van der Waals surface area contributed by atoms with Crippen LogP contribution in [-0.2, 0) is 22.6 Å². The van der Waals surface area contributed by atoms with Crippen molar-refractivity contribution in [2.24, 2.45) is 0 Å². The number of hydrogen-bond donors (Lipinski definition) is 1. The van der Waals surface area contributed by atoms with E-state index in [1.165, 1.54) is 11.0 Å². The second-order valence-electron chi connectivity index (χ2n) is 7.50. The van der Waals surface area contributed by atoms with Crippen LogP contribution in [0.3, 0.4) is 0 Å². The summed E-state index contributed by atoms with van der Waals surface area (Å²) < 4.78 is 5.28. The number of nitro groups is 1. The van der Waals surface area contributed by atoms with Crippen molar-refractivity contribution in [1.29, 1.82) is 0 Å². The van der Waals surface area contributed by atoms with Crippen LogP contribution in [0.4, 0.5) is 5.69 Å². The normalized spacial score (nSPS) is 11.5. The van der Waals surface area contributed by atoms with Crippen LogP contribution in [-0.4, -0.2) is 41.3 Å². The predicted octanol–water partition coefficient (Wildman–Crippen LogP) is 3.87. The van der Waals surface area contributed by atoms with Gasteiger partial charge in [-0.25, -0.2) is 0 Å². The van der Waals surface area contributed by atoms with Crippen molar-refractivity contribution >= 4 is 17.5 Å². The van der Waals surface area contributed by atoms with E-state index < -0.39 is 11.0 Å². The third-order valence-corrected chi connectivity index (χ3v) is 5.23. The first-order chi connectivity index (χ1) is 15.4. The van der Waals surface area contributed by atoms with E-state index in [4.69, 9.17) is 4.74 Å². The fraction of sp³-hybridized carbons (Fsp3) is 0.417. The van der Waals surface area contributed by atoms with Crippen molar-refractivity contribution in [3.8, 4) is 5.75 Å². The van der Waals surface area contributed by atoms with Gasteiger partial charge >= 0.3 is 0 Å². The summed E-state index contributed by atoms with van der Waals surface area (Å²) in [6.07, 6.45) is 2.05. The van der Waals surface area contributed by atoms with E-state index >= 15 is 0 Å². The van der Waals surface area contributed by atoms with Crippen LogP contribution in [0.5, 0.6) is 5.75 Å². The second-order valence-corrected chi connectivity index (χ2v) is 7.50. The van der Waals surface area contributed by atoms with Gasteiger partial charge in [0.15, 0.2) is 0 Å². The summed E-state index contributed by atoms with van der Waals surface area (Å²) in [5, 5.41) is 14.3. The Morgan fingerprint density at radius 2 is 1.91 bits per heavy atom. The Hall–Kier alpha value is -3.42. The zero-order chi connectivity index (χ0) is 23.5. The first-order valence-electron chi connectivity index (χ1n) is 10.8. The van der Waals surface area contributed by atoms with E-state index in [0.717, 1.165) is 18.4 Å². The molecule has 2 aromatic carbocycles. The molecule has 0 aliphatic carbocycles. The number of methoxy groups -OCH3 is 1. The highest BCUT2D eigenvalue weighted by Crippen LogP contribution is 2.22. The van der Waals surface area contributed by atoms with Gasteiger partial charge in [-0.3, -0.25) is 19.7 Å². The number of unbranched alkanes of at least 4 members (excludes halogenated alkanes) is 1. The average molecular weight is 442 g/mol. The minimum absolute atomic E-state index is 0.109. The maximum Gasteiger partial charge on any atom is 0.273 e. The summed E-state index contributed by atoms with van der Waals surface area (Å²) in [6.45, 7) is 4.61. The Kier molecular flexibility index (Phi) is 9.66. The fourth-order valence-corrected chi connectivity index (χ4v) is 3.50. The number of ether oxygens (including phenoxy) is 1. The Morgan fingerprint density at radius 1 is 1.16 bits per heavy atom. The molecule has 0 radical (unpaired) electrons. The standard InChI is InChI=1S/C24H31N3O5/c1-4-6-14-25-24(29)21(5-2)26(17-18-10-9-12-20(15-18)32-3)23(28)16-19-11-7-8-13-22(19)27(30)31/h7-13,15,21H,4-6,14,16-17H2,1-3H3,(H,25,29)/t21-/m1/s1. The molecule has 0 aliphatic heterocycles. The molecular formula is C24H31N3O5. The SMILES string of the molecule is CCCCNC(=O)[C@@H](CC)N(Cc1cccc(OC)c1)C(=O)Cc1ccccc1[N+](=O)[O-]. The molecule has 2 aromatic rings. The highest BCUT2D eigenvalue weighted by Gasteiger charge is 2.29. The van der Waals surface area contributed by atoms with Crippen molar-refractivity contribution < 1.29 is 19.2 Å². The molecule has 1 N–H and O–H groups in total. The van der Waals surface area contributed by atoms with Gasteiger partial charge < -0.3 is 15.0 Å². The Labute approximate surface area is 188 Å². The summed E-state index contributed by atoms with van der Waals surface area (Å²) in [5.41, 5.74) is 1.02. The molecule has 32 heavy (non-hydrogen) atoms. The topological polar surface area (TPSA) is 102 Å². The van der Waals surface area contributed by atoms with Crippen LogP contribution in [0.1, 0.15) is 44.2 Å². The molecule has 2 amide bonds. The van der Waals surface area contributed by atoms with Gasteiger partial charge in [-0.2, -0.15) is 0 Å². The van der Waals surface area contributed by atoms with Gasteiger partial charge in [0.05, 0.1) is 18.5 Å². The van der Waals surface area contributed by atoms with E-state index in [2.05, 4.69) is 5.32 Å². The molecule has 0 saturated carbocycles. The molecule has 0 aliphatic rings. The smallest absolute Gasteiger partial charge is 0.273 e. The number of carbonyl (C=O) groups excluding carboxylic acids is 2. The number of carbonyl (C=O) groups is 2. The number of nitro benzene ring substituents is 1. The van der Waals surface area contributed by atoms with Crippen LogP contribution in [0.15, 0.2) is 48.5 Å². The molecule has 0 saturated heterocycles. The van der Waals surface area contributed by atoms with Crippen LogP contribution < -0.4 is 10.1 Å². The molecule has 0 heterocycles. The number of benzene rings is 2. The molecule has 172 valence electrons. The van der Waals surface area contributed by atoms with Crippen molar-refractivity contribution in [2.75, 3.05) is 13.7 Å². The zero-order valence-electron chi connectivity index (χ0n) is 18.9. The predicted molar refractivity (Wildman–Crippen MR) is 122 cm³/mol. The van der Waals surface area contributed by atoms with Gasteiger partial charge in [-0.1, -0.05) is 50.6 Å². The van der Waals surface area contributed by atoms with Crippen molar-refractivity contribution in [2.45, 2.75) is 52.1 Å². The maximum atomic E-state index is 13.4. The third-order valence-electron chi connectivity index (χ3n) is 5.23. The summed E-state index contributed by atoms with van der Waals surface area (Å²) in [6, 6.07) is 12.8. The van der Waals surface area contributed by atoms with Gasteiger partial charge in [0, 0.05) is 24.7 Å². The first-order valence-corrected chi connectivity index (χ1v) is 10.8. The van der Waals surface area contributed by atoms with Crippen molar-refractivity contribution in [3.63, 3.8) is 0 Å². The van der Waals surface area contributed by atoms with Crippen LogP contribution in [0.25, 0.3) is 0 Å². The monoisotopic (exact) mass is 441 g/mol. The minimum atomic E-state index is -0.687. The Bertz CT molecular complexity index is 931. The number of rotatable bonds is 12. The second kappa shape index (κ2) is 12.4. The lowest BCUT2D eigenvalue weighted by Crippen LogP contribution is -2.49. The van der Waals surface area contributed by atoms with E-state index in [0.29, 0.717) is 24.3 Å². The molecule has 2 rings (SSSR count). The maximum absolute atomic E-state index is 13.4. The fourth-order valence-electron chi connectivity index (χ4n) is 3.50. The number of nitrogens with one attached hydrogen (secondary N) is 1. The molecular weight excluding hydrogens is 410 g/mol. The van der Waals surface area contributed by atoms with Crippen LogP contribution >= 0.6 is 0 Å². The molecule has 0 spiro atoms. The van der Waals surface area contributed by atoms with Crippen LogP contribution in [0.2, 0.25) is 0 Å². The van der Waals surface area contributed by atoms with Gasteiger partial charge in [-0.15, -0.1) is 0 Å². The quantitative estimate of drug-likeness (QED) is 0.306. The number of hydrogen-bond acceptors (Lipinski definition) is 5. The largest absolute Gasteiger partial charge is 0.497 e. The summed E-state index contributed by atoms with van der Waals surface area (Å²) in [7, 11) is 1.56. The Balaban J connectivity index is 2.34. The lowest BCUT2D eigenvalue weighted by atomic mass is 10.1. The molecule has 8 heteroatoms. The lowest BCUT2D eigenvalue weighted by Gasteiger charge is -2.31. The summed E-state index contributed by atoms with van der Waals surface area (Å²) >= 11 is 0. The van der Waals surface area contributed by atoms with E-state index in [1.54, 1.807) is 31.4 Å². The Morgan fingerprint density at radius 3 is 2.56 bits per heavy atom. The van der Waals surface area contributed by atoms with E-state index in [-0.39, 0.29) is 30.5 Å². The summed E-state index contributed by atoms with van der Waals surface area (Å²) in [5.74, 6) is 0.0772. The van der Waals surface area contributed by atoms with Crippen LogP contribution in [0, 0.1) is 10.1 Å². The van der Waals surface area contributed by atoms with E-state index in [1.807, 2.05) is 32.0 Å². The van der Waals surface area contributed by atoms with Gasteiger partial charge in [-0.05, 0) is 30.5 Å². The lowest BCUT2D eigenvalue weighted by molar-refractivity contribution is -0.385. The summed E-state index contributed by atoms with van der Waals surface area (Å²) in [4.78, 5) is 38.7. The third kappa shape index (κ3) is 6.80. The van der Waals surface area contributed by atoms with Gasteiger partial charge in [0.2, 0.25) is 11.8 Å². The highest BCUT2D eigenvalue weighted by atomic mass is 16.6. The molecule has 1 atom stereocenters. The number of nitrogens with zero attached hydrogens (tertiary/aromatic N) is 2. The molecule has 0 fully saturated rings. The van der Waals surface area contributed by atoms with Gasteiger partial charge in [0.25, 0.3) is 5.69 Å². The molecule has 0 bridgehead atoms. The highest BCUT2D eigenvalue weighted by molar-refractivity contribution is 5.88. The van der Waals surface area contributed by atoms with Gasteiger partial charge in [0.1, 0.15) is 11.8 Å². The molecule has 0 unspecified atom stereocenters. The minimum Gasteiger partial charge on any atom is -0.497 e. The number of amides is 2. The average Bonchev–Trinajstić information content (AvgIpc) is 2.79. The number of para-hydroxylation sites is 1.